The summed E-state index contributed by atoms with van der Waals surface area (Å²) in [4.78, 5) is 30.7. The Morgan fingerprint density at radius 2 is 1.96 bits per heavy atom. The van der Waals surface area contributed by atoms with Crippen molar-refractivity contribution >= 4 is 23.2 Å². The fourth-order valence-electron chi connectivity index (χ4n) is 2.24. The average Bonchev–Trinajstić information content (AvgIpc) is 2.95. The largest absolute Gasteiger partial charge is 0.469 e. The van der Waals surface area contributed by atoms with Crippen LogP contribution in [0.4, 0.5) is 0 Å². The number of carbonyl (C=O) groups excluding carboxylic acids is 2. The number of esters is 1. The van der Waals surface area contributed by atoms with Crippen LogP contribution in [0.5, 0.6) is 0 Å². The molecule has 1 unspecified atom stereocenters. The van der Waals surface area contributed by atoms with E-state index < -0.39 is 0 Å². The lowest BCUT2D eigenvalue weighted by atomic mass is 10.1. The Kier molecular flexibility index (Phi) is 5.50. The first-order valence-corrected chi connectivity index (χ1v) is 8.11. The van der Waals surface area contributed by atoms with Crippen molar-refractivity contribution in [2.45, 2.75) is 13.8 Å². The summed E-state index contributed by atoms with van der Waals surface area (Å²) in [5.41, 5.74) is 1.70. The molecule has 0 fully saturated rings. The number of amides is 1. The van der Waals surface area contributed by atoms with Crippen LogP contribution >= 0.6 is 11.3 Å². The zero-order valence-corrected chi connectivity index (χ0v) is 14.5. The number of hydrogen-bond acceptors (Lipinski definition) is 5. The van der Waals surface area contributed by atoms with Crippen molar-refractivity contribution in [3.8, 4) is 10.6 Å². The van der Waals surface area contributed by atoms with Gasteiger partial charge in [0.25, 0.3) is 5.91 Å². The molecule has 0 spiro atoms. The average molecular weight is 332 g/mol. The number of methoxy groups -OCH3 is 1. The van der Waals surface area contributed by atoms with E-state index >= 15 is 0 Å². The first kappa shape index (κ1) is 17.1. The highest BCUT2D eigenvalue weighted by molar-refractivity contribution is 7.17. The third-order valence-electron chi connectivity index (χ3n) is 3.51. The zero-order valence-electron chi connectivity index (χ0n) is 13.7. The lowest BCUT2D eigenvalue weighted by Gasteiger charge is -2.19. The van der Waals surface area contributed by atoms with Crippen LogP contribution in [-0.4, -0.2) is 42.5 Å². The second-order valence-corrected chi connectivity index (χ2v) is 6.41. The third kappa shape index (κ3) is 3.96. The highest BCUT2D eigenvalue weighted by Crippen LogP contribution is 2.28. The Morgan fingerprint density at radius 1 is 1.30 bits per heavy atom. The van der Waals surface area contributed by atoms with Gasteiger partial charge in [0.2, 0.25) is 0 Å². The highest BCUT2D eigenvalue weighted by Gasteiger charge is 2.23. The van der Waals surface area contributed by atoms with Crippen molar-refractivity contribution in [2.24, 2.45) is 5.92 Å². The molecule has 1 atom stereocenters. The molecule has 1 aromatic carbocycles. The van der Waals surface area contributed by atoms with Gasteiger partial charge in [-0.15, -0.1) is 11.3 Å². The lowest BCUT2D eigenvalue weighted by Crippen LogP contribution is -2.34. The molecule has 1 amide bonds. The summed E-state index contributed by atoms with van der Waals surface area (Å²) >= 11 is 1.37. The van der Waals surface area contributed by atoms with E-state index in [1.165, 1.54) is 23.3 Å². The van der Waals surface area contributed by atoms with Crippen LogP contribution in [0.25, 0.3) is 10.6 Å². The van der Waals surface area contributed by atoms with Gasteiger partial charge in [-0.25, -0.2) is 4.98 Å². The summed E-state index contributed by atoms with van der Waals surface area (Å²) in [6.45, 7) is 3.88. The Balaban J connectivity index is 2.17. The number of ether oxygens (including phenoxy) is 1. The van der Waals surface area contributed by atoms with Gasteiger partial charge in [0.1, 0.15) is 9.88 Å². The van der Waals surface area contributed by atoms with E-state index in [4.69, 9.17) is 4.74 Å². The molecule has 122 valence electrons. The van der Waals surface area contributed by atoms with Gasteiger partial charge in [-0.3, -0.25) is 9.59 Å². The van der Waals surface area contributed by atoms with Gasteiger partial charge in [0, 0.05) is 19.2 Å². The van der Waals surface area contributed by atoms with Crippen molar-refractivity contribution in [3.05, 3.63) is 40.9 Å². The van der Waals surface area contributed by atoms with Gasteiger partial charge >= 0.3 is 5.97 Å². The fraction of sp³-hybridized carbons (Fsp3) is 0.353. The third-order valence-corrected chi connectivity index (χ3v) is 4.70. The number of rotatable bonds is 5. The molecular formula is C17H20N2O3S. The number of carbonyl (C=O) groups is 2. The maximum atomic E-state index is 12.6. The lowest BCUT2D eigenvalue weighted by molar-refractivity contribution is -0.145. The van der Waals surface area contributed by atoms with Gasteiger partial charge in [-0.05, 0) is 6.92 Å². The van der Waals surface area contributed by atoms with E-state index in [9.17, 15) is 9.59 Å². The summed E-state index contributed by atoms with van der Waals surface area (Å²) in [5.74, 6) is -0.815. The van der Waals surface area contributed by atoms with Gasteiger partial charge in [-0.1, -0.05) is 37.3 Å². The van der Waals surface area contributed by atoms with Crippen LogP contribution in [0.2, 0.25) is 0 Å². The van der Waals surface area contributed by atoms with E-state index in [1.54, 1.807) is 14.0 Å². The molecule has 1 heterocycles. The van der Waals surface area contributed by atoms with E-state index in [0.717, 1.165) is 10.6 Å². The molecule has 0 N–H and O–H groups in total. The second kappa shape index (κ2) is 7.37. The summed E-state index contributed by atoms with van der Waals surface area (Å²) in [7, 11) is 3.03. The van der Waals surface area contributed by atoms with Gasteiger partial charge in [-0.2, -0.15) is 0 Å². The van der Waals surface area contributed by atoms with Crippen molar-refractivity contribution in [2.75, 3.05) is 20.7 Å². The summed E-state index contributed by atoms with van der Waals surface area (Å²) in [6.07, 6.45) is 0. The Hall–Kier alpha value is -2.21. The standard InChI is InChI=1S/C17H20N2O3S/c1-11(17(21)22-4)10-19(3)16(20)14-12(2)18-15(23-14)13-8-6-5-7-9-13/h5-9,11H,10H2,1-4H3. The smallest absolute Gasteiger partial charge is 0.310 e. The Morgan fingerprint density at radius 3 is 2.57 bits per heavy atom. The molecule has 0 saturated heterocycles. The van der Waals surface area contributed by atoms with Crippen molar-refractivity contribution < 1.29 is 14.3 Å². The molecule has 0 saturated carbocycles. The molecule has 5 nitrogen and oxygen atoms in total. The molecule has 2 aromatic rings. The Bertz CT molecular complexity index is 697. The van der Waals surface area contributed by atoms with Crippen LogP contribution in [0.15, 0.2) is 30.3 Å². The van der Waals surface area contributed by atoms with Crippen LogP contribution < -0.4 is 0 Å². The normalized spacial score (nSPS) is 11.8. The molecule has 0 aliphatic rings. The molecule has 0 bridgehead atoms. The van der Waals surface area contributed by atoms with E-state index in [0.29, 0.717) is 17.1 Å². The Labute approximate surface area is 139 Å². The van der Waals surface area contributed by atoms with Crippen molar-refractivity contribution in [1.82, 2.24) is 9.88 Å². The van der Waals surface area contributed by atoms with Crippen LogP contribution in [-0.2, 0) is 9.53 Å². The molecular weight excluding hydrogens is 312 g/mol. The number of nitrogens with zero attached hydrogens (tertiary/aromatic N) is 2. The quantitative estimate of drug-likeness (QED) is 0.790. The minimum absolute atomic E-state index is 0.127. The minimum Gasteiger partial charge on any atom is -0.469 e. The van der Waals surface area contributed by atoms with E-state index in [1.807, 2.05) is 37.3 Å². The predicted octanol–water partition coefficient (Wildman–Crippen LogP) is 3.00. The summed E-state index contributed by atoms with van der Waals surface area (Å²) in [6, 6.07) is 9.76. The first-order chi connectivity index (χ1) is 10.9. The maximum Gasteiger partial charge on any atom is 0.310 e. The number of hydrogen-bond donors (Lipinski definition) is 0. The molecule has 0 aliphatic carbocycles. The SMILES string of the molecule is COC(=O)C(C)CN(C)C(=O)c1sc(-c2ccccc2)nc1C. The molecule has 23 heavy (non-hydrogen) atoms. The molecule has 0 radical (unpaired) electrons. The number of thiazole rings is 1. The number of aryl methyl sites for hydroxylation is 1. The van der Waals surface area contributed by atoms with Crippen LogP contribution in [0.1, 0.15) is 22.3 Å². The van der Waals surface area contributed by atoms with E-state index in [-0.39, 0.29) is 17.8 Å². The van der Waals surface area contributed by atoms with Crippen molar-refractivity contribution in [3.63, 3.8) is 0 Å². The number of benzene rings is 1. The van der Waals surface area contributed by atoms with Crippen LogP contribution in [0.3, 0.4) is 0 Å². The zero-order chi connectivity index (χ0) is 17.0. The maximum absolute atomic E-state index is 12.6. The first-order valence-electron chi connectivity index (χ1n) is 7.30. The van der Waals surface area contributed by atoms with Gasteiger partial charge < -0.3 is 9.64 Å². The molecule has 1 aromatic heterocycles. The predicted molar refractivity (Wildman–Crippen MR) is 90.4 cm³/mol. The van der Waals surface area contributed by atoms with E-state index in [2.05, 4.69) is 4.98 Å². The highest BCUT2D eigenvalue weighted by atomic mass is 32.1. The van der Waals surface area contributed by atoms with Crippen molar-refractivity contribution in [1.29, 1.82) is 0 Å². The van der Waals surface area contributed by atoms with Crippen LogP contribution in [0, 0.1) is 12.8 Å². The number of aromatic nitrogens is 1. The molecule has 2 rings (SSSR count). The molecule has 6 heteroatoms. The monoisotopic (exact) mass is 332 g/mol. The van der Waals surface area contributed by atoms with Gasteiger partial charge in [0.15, 0.2) is 0 Å². The minimum atomic E-state index is -0.365. The fourth-order valence-corrected chi connectivity index (χ4v) is 3.31. The summed E-state index contributed by atoms with van der Waals surface area (Å²) in [5, 5.41) is 0.820. The topological polar surface area (TPSA) is 59.5 Å². The van der Waals surface area contributed by atoms with Gasteiger partial charge in [0.05, 0.1) is 18.7 Å². The second-order valence-electron chi connectivity index (χ2n) is 5.41. The molecule has 0 aliphatic heterocycles. The summed E-state index contributed by atoms with van der Waals surface area (Å²) < 4.78 is 4.70.